The van der Waals surface area contributed by atoms with E-state index in [1.807, 2.05) is 18.2 Å². The van der Waals surface area contributed by atoms with Gasteiger partial charge in [0.2, 0.25) is 0 Å². The largest absolute Gasteiger partial charge is 0.384 e. The Kier molecular flexibility index (Phi) is 1.28. The van der Waals surface area contributed by atoms with Crippen molar-refractivity contribution in [1.82, 2.24) is 15.0 Å². The summed E-state index contributed by atoms with van der Waals surface area (Å²) in [5.74, 6) is 0.552. The van der Waals surface area contributed by atoms with E-state index in [9.17, 15) is 0 Å². The van der Waals surface area contributed by atoms with Crippen LogP contribution >= 0.6 is 0 Å². The molecule has 2 heterocycles. The minimum Gasteiger partial charge on any atom is -0.384 e. The van der Waals surface area contributed by atoms with E-state index >= 15 is 0 Å². The third-order valence-corrected chi connectivity index (χ3v) is 2.29. The molecule has 0 unspecified atom stereocenters. The van der Waals surface area contributed by atoms with Crippen LogP contribution in [0.3, 0.4) is 0 Å². The molecule has 3 aromatic rings. The molecule has 3 rings (SSSR count). The summed E-state index contributed by atoms with van der Waals surface area (Å²) in [5, 5.41) is 2.05. The lowest BCUT2D eigenvalue weighted by atomic mass is 10.2. The highest BCUT2D eigenvalue weighted by Gasteiger charge is 2.03. The minimum atomic E-state index is 0.552. The molecule has 4 heteroatoms. The molecule has 3 N–H and O–H groups in total. The zero-order chi connectivity index (χ0) is 9.54. The van der Waals surface area contributed by atoms with Gasteiger partial charge in [0.05, 0.1) is 17.4 Å². The summed E-state index contributed by atoms with van der Waals surface area (Å²) in [5.41, 5.74) is 7.57. The Labute approximate surface area is 79.8 Å². The topological polar surface area (TPSA) is 67.6 Å². The van der Waals surface area contributed by atoms with Gasteiger partial charge in [0.15, 0.2) is 0 Å². The van der Waals surface area contributed by atoms with Gasteiger partial charge in [-0.25, -0.2) is 9.97 Å². The van der Waals surface area contributed by atoms with E-state index in [-0.39, 0.29) is 0 Å². The first kappa shape index (κ1) is 7.32. The van der Waals surface area contributed by atoms with Gasteiger partial charge < -0.3 is 10.7 Å². The second-order valence-electron chi connectivity index (χ2n) is 3.20. The van der Waals surface area contributed by atoms with Crippen LogP contribution in [0.25, 0.3) is 21.8 Å². The highest BCUT2D eigenvalue weighted by molar-refractivity contribution is 6.04. The van der Waals surface area contributed by atoms with Crippen LogP contribution < -0.4 is 5.73 Å². The zero-order valence-corrected chi connectivity index (χ0v) is 7.36. The predicted molar refractivity (Wildman–Crippen MR) is 55.8 cm³/mol. The third kappa shape index (κ3) is 0.877. The van der Waals surface area contributed by atoms with Crippen LogP contribution in [0.4, 0.5) is 5.82 Å². The molecular weight excluding hydrogens is 176 g/mol. The van der Waals surface area contributed by atoms with Crippen LogP contribution in [0, 0.1) is 0 Å². The molecule has 4 nitrogen and oxygen atoms in total. The monoisotopic (exact) mass is 184 g/mol. The van der Waals surface area contributed by atoms with E-state index in [4.69, 9.17) is 5.73 Å². The fraction of sp³-hybridized carbons (Fsp3) is 0. The quantitative estimate of drug-likeness (QED) is 0.558. The molecule has 0 saturated carbocycles. The van der Waals surface area contributed by atoms with Crippen LogP contribution in [0.5, 0.6) is 0 Å². The maximum atomic E-state index is 5.64. The molecule has 1 aromatic carbocycles. The van der Waals surface area contributed by atoms with Gasteiger partial charge in [-0.2, -0.15) is 0 Å². The molecular formula is C10H8N4. The second-order valence-corrected chi connectivity index (χ2v) is 3.20. The minimum absolute atomic E-state index is 0.552. The van der Waals surface area contributed by atoms with Gasteiger partial charge in [-0.3, -0.25) is 0 Å². The first-order valence-electron chi connectivity index (χ1n) is 4.32. The Hall–Kier alpha value is -2.10. The zero-order valence-electron chi connectivity index (χ0n) is 7.36. The van der Waals surface area contributed by atoms with Gasteiger partial charge in [0.25, 0.3) is 0 Å². The summed E-state index contributed by atoms with van der Waals surface area (Å²) in [6.45, 7) is 0. The van der Waals surface area contributed by atoms with Gasteiger partial charge in [0, 0.05) is 17.0 Å². The van der Waals surface area contributed by atoms with E-state index in [1.54, 1.807) is 12.5 Å². The van der Waals surface area contributed by atoms with Crippen molar-refractivity contribution in [1.29, 1.82) is 0 Å². The third-order valence-electron chi connectivity index (χ3n) is 2.29. The Bertz CT molecular complexity index is 612. The predicted octanol–water partition coefficient (Wildman–Crippen LogP) is 1.69. The standard InChI is InChI=1S/C10H8N4/c11-9-3-6-1-2-8-7(10(6)14-9)4-12-5-13-8/h1-5H,11H2,(H,12,13). The molecule has 0 aliphatic heterocycles. The van der Waals surface area contributed by atoms with Crippen LogP contribution in [-0.2, 0) is 0 Å². The normalized spacial score (nSPS) is 11.1. The molecule has 0 amide bonds. The maximum Gasteiger partial charge on any atom is 0.124 e. The van der Waals surface area contributed by atoms with Crippen molar-refractivity contribution in [2.45, 2.75) is 0 Å². The molecule has 14 heavy (non-hydrogen) atoms. The number of benzene rings is 1. The SMILES string of the molecule is Nc1cc2ccc3[nH]cncc3c2n1. The van der Waals surface area contributed by atoms with Crippen LogP contribution in [0.15, 0.2) is 30.7 Å². The number of nitrogens with one attached hydrogen (secondary N) is 1. The van der Waals surface area contributed by atoms with Crippen molar-refractivity contribution in [3.8, 4) is 0 Å². The molecule has 2 aromatic heterocycles. The van der Waals surface area contributed by atoms with Crippen LogP contribution in [0.1, 0.15) is 0 Å². The number of nitrogens with two attached hydrogens (primary N) is 1. The average Bonchev–Trinajstić information content (AvgIpc) is 2.59. The number of H-pyrrole nitrogens is 1. The number of anilines is 1. The van der Waals surface area contributed by atoms with Gasteiger partial charge in [-0.15, -0.1) is 0 Å². The van der Waals surface area contributed by atoms with Crippen molar-refractivity contribution < 1.29 is 0 Å². The van der Waals surface area contributed by atoms with Crippen molar-refractivity contribution >= 4 is 27.6 Å². The number of aromatic amines is 1. The number of rotatable bonds is 0. The van der Waals surface area contributed by atoms with Gasteiger partial charge in [-0.05, 0) is 12.1 Å². The van der Waals surface area contributed by atoms with Crippen molar-refractivity contribution in [2.75, 3.05) is 5.73 Å². The average molecular weight is 184 g/mol. The lowest BCUT2D eigenvalue weighted by molar-refractivity contribution is 1.22. The highest BCUT2D eigenvalue weighted by Crippen LogP contribution is 2.24. The first-order valence-corrected chi connectivity index (χ1v) is 4.32. The molecule has 0 fully saturated rings. The van der Waals surface area contributed by atoms with Crippen LogP contribution in [-0.4, -0.2) is 15.0 Å². The lowest BCUT2D eigenvalue weighted by Gasteiger charge is -1.96. The number of fused-ring (bicyclic) bond motifs is 3. The van der Waals surface area contributed by atoms with Gasteiger partial charge in [0.1, 0.15) is 5.82 Å². The van der Waals surface area contributed by atoms with Crippen molar-refractivity contribution in [2.24, 2.45) is 0 Å². The lowest BCUT2D eigenvalue weighted by Crippen LogP contribution is -1.83. The Morgan fingerprint density at radius 2 is 2.21 bits per heavy atom. The smallest absolute Gasteiger partial charge is 0.124 e. The molecule has 0 radical (unpaired) electrons. The summed E-state index contributed by atoms with van der Waals surface area (Å²) >= 11 is 0. The highest BCUT2D eigenvalue weighted by atomic mass is 14.9. The van der Waals surface area contributed by atoms with Gasteiger partial charge >= 0.3 is 0 Å². The van der Waals surface area contributed by atoms with E-state index < -0.39 is 0 Å². The molecule has 0 atom stereocenters. The molecule has 0 aliphatic rings. The number of aromatic nitrogens is 3. The van der Waals surface area contributed by atoms with Crippen molar-refractivity contribution in [3.05, 3.63) is 30.7 Å². The second kappa shape index (κ2) is 2.45. The molecule has 0 bridgehead atoms. The molecule has 0 saturated heterocycles. The van der Waals surface area contributed by atoms with E-state index in [0.29, 0.717) is 5.82 Å². The summed E-state index contributed by atoms with van der Waals surface area (Å²) in [4.78, 5) is 11.4. The van der Waals surface area contributed by atoms with Crippen molar-refractivity contribution in [3.63, 3.8) is 0 Å². The number of hydrogen-bond donors (Lipinski definition) is 2. The fourth-order valence-corrected chi connectivity index (χ4v) is 1.66. The molecule has 68 valence electrons. The maximum absolute atomic E-state index is 5.64. The first-order chi connectivity index (χ1) is 6.84. The number of nitrogens with zero attached hydrogens (tertiary/aromatic N) is 2. The van der Waals surface area contributed by atoms with E-state index in [2.05, 4.69) is 15.0 Å². The summed E-state index contributed by atoms with van der Waals surface area (Å²) in [6, 6.07) is 5.86. The van der Waals surface area contributed by atoms with Crippen LogP contribution in [0.2, 0.25) is 0 Å². The van der Waals surface area contributed by atoms with Gasteiger partial charge in [-0.1, -0.05) is 6.07 Å². The Morgan fingerprint density at radius 3 is 3.14 bits per heavy atom. The summed E-state index contributed by atoms with van der Waals surface area (Å²) < 4.78 is 0. The molecule has 0 spiro atoms. The fourth-order valence-electron chi connectivity index (χ4n) is 1.66. The summed E-state index contributed by atoms with van der Waals surface area (Å²) in [6.07, 6.45) is 3.45. The summed E-state index contributed by atoms with van der Waals surface area (Å²) in [7, 11) is 0. The number of nitrogen functional groups attached to an aromatic ring is 1. The molecule has 0 aliphatic carbocycles. The number of hydrogen-bond acceptors (Lipinski definition) is 3. The Morgan fingerprint density at radius 1 is 1.29 bits per heavy atom. The van der Waals surface area contributed by atoms with E-state index in [1.165, 1.54) is 0 Å². The Balaban J connectivity index is 2.60. The van der Waals surface area contributed by atoms with E-state index in [0.717, 1.165) is 21.8 Å².